The van der Waals surface area contributed by atoms with Gasteiger partial charge < -0.3 is 0 Å². The Labute approximate surface area is 211 Å². The highest BCUT2D eigenvalue weighted by Crippen LogP contribution is 1.92. The van der Waals surface area contributed by atoms with Gasteiger partial charge in [-0.15, -0.1) is 5.10 Å². The minimum absolute atomic E-state index is 2.50. The maximum Gasteiger partial charge on any atom is 0.0151 e. The minimum atomic E-state index is 2.50. The fourth-order valence-electron chi connectivity index (χ4n) is 0.656. The van der Waals surface area contributed by atoms with Gasteiger partial charge in [-0.1, -0.05) is 0 Å². The van der Waals surface area contributed by atoms with Gasteiger partial charge in [0.05, 0.1) is 0 Å². The number of rotatable bonds is 19. The van der Waals surface area contributed by atoms with Crippen molar-refractivity contribution in [3.05, 3.63) is 0 Å². The Balaban J connectivity index is 4.02. The van der Waals surface area contributed by atoms with E-state index in [2.05, 4.69) is 205 Å². The van der Waals surface area contributed by atoms with E-state index >= 15 is 0 Å². The molecule has 202 valence electrons. The van der Waals surface area contributed by atoms with Crippen molar-refractivity contribution >= 4 is 6.72 Å². The smallest absolute Gasteiger partial charge is 0.0151 e. The summed E-state index contributed by atoms with van der Waals surface area (Å²) in [5, 5.41) is 113. The van der Waals surface area contributed by atoms with Crippen LogP contribution in [-0.4, -0.2) is 6.72 Å². The topological polar surface area (TPSA) is 494 Å². The average molecular weight is 561 g/mol. The van der Waals surface area contributed by atoms with E-state index in [1.54, 1.807) is 0 Å². The van der Waals surface area contributed by atoms with Crippen molar-refractivity contribution in [2.45, 2.75) is 0 Å². The largest absolute Gasteiger partial charge is 0.183 e. The molecule has 0 aliphatic rings. The molecule has 39 heteroatoms. The van der Waals surface area contributed by atoms with Crippen LogP contribution in [0, 0.1) is 5.53 Å². The summed E-state index contributed by atoms with van der Waals surface area (Å²) >= 11 is 0. The molecule has 0 atom stereocenters. The summed E-state index contributed by atoms with van der Waals surface area (Å²) in [7, 11) is 0. The summed E-state index contributed by atoms with van der Waals surface area (Å²) in [4.78, 5) is 0. The molecule has 0 saturated carbocycles. The molecule has 0 rings (SSSR count). The lowest BCUT2D eigenvalue weighted by atomic mass is 11.7. The zero-order chi connectivity index (χ0) is 28.9. The fraction of sp³-hybridized carbons (Fsp3) is 0. The second-order valence-electron chi connectivity index (χ2n) is 3.46. The van der Waals surface area contributed by atoms with E-state index < -0.39 is 0 Å². The van der Waals surface area contributed by atoms with Crippen LogP contribution < -0.4 is 0 Å². The first-order chi connectivity index (χ1) is 19.9. The van der Waals surface area contributed by atoms with Crippen LogP contribution in [0.5, 0.6) is 0 Å². The lowest BCUT2D eigenvalue weighted by Gasteiger charge is -1.70. The SMILES string of the molecule is C=NN=NN=NN=NN=NN=NN=NN=NN=NN=NN=NN=NN=NN=NN=NN=NN=NN=NN=NN=N. The zero-order valence-corrected chi connectivity index (χ0v) is 18.2. The highest BCUT2D eigenvalue weighted by molar-refractivity contribution is 5.22. The molecular formula is CH3N39. The van der Waals surface area contributed by atoms with Gasteiger partial charge in [0.1, 0.15) is 0 Å². The molecule has 0 fully saturated rings. The van der Waals surface area contributed by atoms with Gasteiger partial charge in [0, 0.05) is 116 Å². The van der Waals surface area contributed by atoms with Gasteiger partial charge in [0.2, 0.25) is 0 Å². The molecule has 0 amide bonds. The molecule has 39 nitrogen and oxygen atoms in total. The predicted molar refractivity (Wildman–Crippen MR) is 102 cm³/mol. The molecule has 0 aliphatic carbocycles. The minimum Gasteiger partial charge on any atom is -0.183 e. The van der Waals surface area contributed by atoms with E-state index in [0.29, 0.717) is 0 Å². The Kier molecular flexibility index (Phi) is 24.9. The van der Waals surface area contributed by atoms with Crippen LogP contribution in [0.1, 0.15) is 0 Å². The van der Waals surface area contributed by atoms with Crippen molar-refractivity contribution in [2.24, 2.45) is 198 Å². The van der Waals surface area contributed by atoms with E-state index in [1.807, 2.05) is 0 Å². The molecule has 0 bridgehead atoms. The van der Waals surface area contributed by atoms with Gasteiger partial charge in [0.25, 0.3) is 0 Å². The molecule has 0 aromatic heterocycles. The summed E-state index contributed by atoms with van der Waals surface area (Å²) in [5.41, 5.74) is 6.24. The van der Waals surface area contributed by atoms with Gasteiger partial charge in [-0.05, 0) is 83.6 Å². The second kappa shape index (κ2) is 31.1. The Morgan fingerprint density at radius 3 is 0.450 bits per heavy atom. The molecule has 1 N–H and O–H groups in total. The molecule has 40 heavy (non-hydrogen) atoms. The maximum atomic E-state index is 6.24. The van der Waals surface area contributed by atoms with Crippen LogP contribution >= 0.6 is 0 Å². The Hall–Kier alpha value is -7.93. The number of nitrogens with zero attached hydrogens (tertiary/aromatic N) is 38. The van der Waals surface area contributed by atoms with E-state index in [-0.39, 0.29) is 0 Å². The Morgan fingerprint density at radius 2 is 0.325 bits per heavy atom. The third-order valence-corrected chi connectivity index (χ3v) is 1.51. The van der Waals surface area contributed by atoms with Crippen molar-refractivity contribution in [3.8, 4) is 0 Å². The van der Waals surface area contributed by atoms with Crippen LogP contribution in [0.2, 0.25) is 0 Å². The van der Waals surface area contributed by atoms with Gasteiger partial charge in [-0.25, -0.2) is 0 Å². The van der Waals surface area contributed by atoms with E-state index in [1.165, 1.54) is 0 Å². The van der Waals surface area contributed by atoms with Crippen LogP contribution in [-0.2, 0) is 0 Å². The van der Waals surface area contributed by atoms with Crippen molar-refractivity contribution in [1.29, 1.82) is 5.53 Å². The lowest BCUT2D eigenvalue weighted by molar-refractivity contribution is 0.727. The molecule has 0 unspecified atom stereocenters. The first-order valence-electron chi connectivity index (χ1n) is 7.94. The van der Waals surface area contributed by atoms with Gasteiger partial charge in [0.15, 0.2) is 0 Å². The average Bonchev–Trinajstić information content (AvgIpc) is 2.97. The van der Waals surface area contributed by atoms with Crippen molar-refractivity contribution in [2.75, 3.05) is 0 Å². The van der Waals surface area contributed by atoms with Crippen LogP contribution in [0.3, 0.4) is 0 Å². The number of hydrogen-bond donors (Lipinski definition) is 1. The highest BCUT2D eigenvalue weighted by Gasteiger charge is 1.73. The normalized spacial score (nSPS) is 14.9. The third-order valence-electron chi connectivity index (χ3n) is 1.51. The summed E-state index contributed by atoms with van der Waals surface area (Å²) in [6, 6.07) is 0. The fourth-order valence-corrected chi connectivity index (χ4v) is 0.656. The Bertz CT molecular complexity index is 1100. The molecule has 0 spiro atoms. The predicted octanol–water partition coefficient (Wildman–Crippen LogP) is 7.24. The molecule has 0 aliphatic heterocycles. The molecule has 0 aromatic carbocycles. The quantitative estimate of drug-likeness (QED) is 0.0924. The molecular weight excluding hydrogens is 558 g/mol. The monoisotopic (exact) mass is 561 g/mol. The number of hydrogen-bond acceptors (Lipinski definition) is 2. The van der Waals surface area contributed by atoms with Gasteiger partial charge in [-0.2, -0.15) is 5.53 Å². The molecule has 0 saturated heterocycles. The Morgan fingerprint density at radius 1 is 0.200 bits per heavy atom. The highest BCUT2D eigenvalue weighted by atomic mass is 15.7. The van der Waals surface area contributed by atoms with E-state index in [9.17, 15) is 0 Å². The summed E-state index contributed by atoms with van der Waals surface area (Å²) < 4.78 is 0. The standard InChI is InChI=1S/CH3N39/c1-3-5-7-9-11-13-15-17-19-21-23-25-27-29-31-33-35-37-39-40-38-36-34-32-30-28-26-24-22-20-18-16-14-12-10-8-6-4-2/h2H,1H2. The van der Waals surface area contributed by atoms with Crippen molar-refractivity contribution in [1.82, 2.24) is 0 Å². The first kappa shape index (κ1) is 32.1. The number of nitrogens with one attached hydrogen (secondary N) is 1. The second-order valence-corrected chi connectivity index (χ2v) is 3.46. The summed E-state index contributed by atoms with van der Waals surface area (Å²) in [6.07, 6.45) is 0. The van der Waals surface area contributed by atoms with Crippen LogP contribution in [0.4, 0.5) is 0 Å². The third kappa shape index (κ3) is 30.1. The van der Waals surface area contributed by atoms with Crippen molar-refractivity contribution in [3.63, 3.8) is 0 Å². The lowest BCUT2D eigenvalue weighted by Crippen LogP contribution is -1.52. The first-order valence-corrected chi connectivity index (χ1v) is 7.94. The van der Waals surface area contributed by atoms with Gasteiger partial charge >= 0.3 is 0 Å². The van der Waals surface area contributed by atoms with Gasteiger partial charge in [-0.3, -0.25) is 0 Å². The maximum absolute atomic E-state index is 6.24. The van der Waals surface area contributed by atoms with E-state index in [4.69, 9.17) is 5.53 Å². The van der Waals surface area contributed by atoms with Crippen LogP contribution in [0.25, 0.3) is 0 Å². The van der Waals surface area contributed by atoms with Crippen LogP contribution in [0.15, 0.2) is 198 Å². The van der Waals surface area contributed by atoms with Crippen molar-refractivity contribution < 1.29 is 0 Å². The summed E-state index contributed by atoms with van der Waals surface area (Å²) in [6.45, 7) is 3.00. The zero-order valence-electron chi connectivity index (χ0n) is 18.2. The molecule has 0 heterocycles. The molecule has 0 aromatic rings. The molecule has 0 radical (unpaired) electrons. The van der Waals surface area contributed by atoms with E-state index in [0.717, 1.165) is 0 Å². The summed E-state index contributed by atoms with van der Waals surface area (Å²) in [5.74, 6) is 0.